The molecule has 170 valence electrons. The van der Waals surface area contributed by atoms with Gasteiger partial charge in [0.05, 0.1) is 12.7 Å². The lowest BCUT2D eigenvalue weighted by atomic mass is 9.83. The molecule has 0 aliphatic carbocycles. The Kier molecular flexibility index (Phi) is 6.77. The van der Waals surface area contributed by atoms with Gasteiger partial charge in [-0.2, -0.15) is 0 Å². The molecular weight excluding hydrogens is 386 g/mol. The summed E-state index contributed by atoms with van der Waals surface area (Å²) >= 11 is 0. The van der Waals surface area contributed by atoms with Crippen LogP contribution in [0.2, 0.25) is 0 Å². The van der Waals surface area contributed by atoms with Crippen LogP contribution in [0.3, 0.4) is 0 Å². The van der Waals surface area contributed by atoms with Crippen LogP contribution in [-0.4, -0.2) is 91.8 Å². The van der Waals surface area contributed by atoms with Crippen LogP contribution in [0.4, 0.5) is 0 Å². The minimum absolute atomic E-state index is 0.277. The highest BCUT2D eigenvalue weighted by Gasteiger charge is 2.37. The van der Waals surface area contributed by atoms with Crippen LogP contribution in [0.1, 0.15) is 37.7 Å². The van der Waals surface area contributed by atoms with Crippen molar-refractivity contribution < 1.29 is 4.74 Å². The number of piperidine rings is 2. The molecule has 4 unspecified atom stereocenters. The summed E-state index contributed by atoms with van der Waals surface area (Å²) in [5.41, 5.74) is 1.44. The molecule has 4 saturated heterocycles. The van der Waals surface area contributed by atoms with Crippen LogP contribution in [0.15, 0.2) is 35.3 Å². The zero-order valence-electron chi connectivity index (χ0n) is 19.1. The Bertz CT molecular complexity index is 741. The number of aliphatic imine (C=N–C) groups is 1. The van der Waals surface area contributed by atoms with Gasteiger partial charge in [-0.05, 0) is 56.7 Å². The minimum Gasteiger partial charge on any atom is -0.373 e. The molecule has 4 aliphatic heterocycles. The largest absolute Gasteiger partial charge is 0.373 e. The fraction of sp³-hybridized carbons (Fsp3) is 0.720. The SMILES string of the molecule is CN=C(NCC1CN2CCCC2CO1)N1CCC2C(CCCN2Cc2ccccc2)C1. The van der Waals surface area contributed by atoms with Crippen molar-refractivity contribution in [3.63, 3.8) is 0 Å². The second kappa shape index (κ2) is 9.88. The summed E-state index contributed by atoms with van der Waals surface area (Å²) < 4.78 is 6.15. The van der Waals surface area contributed by atoms with E-state index in [4.69, 9.17) is 4.74 Å². The number of fused-ring (bicyclic) bond motifs is 2. The summed E-state index contributed by atoms with van der Waals surface area (Å²) in [5, 5.41) is 3.65. The summed E-state index contributed by atoms with van der Waals surface area (Å²) in [4.78, 5) is 12.5. The maximum Gasteiger partial charge on any atom is 0.193 e. The number of likely N-dealkylation sites (tertiary alicyclic amines) is 2. The first-order valence-electron chi connectivity index (χ1n) is 12.4. The zero-order valence-corrected chi connectivity index (χ0v) is 19.1. The van der Waals surface area contributed by atoms with Crippen molar-refractivity contribution in [1.82, 2.24) is 20.0 Å². The third-order valence-corrected chi connectivity index (χ3v) is 7.87. The highest BCUT2D eigenvalue weighted by molar-refractivity contribution is 5.80. The van der Waals surface area contributed by atoms with Crippen LogP contribution in [0.5, 0.6) is 0 Å². The van der Waals surface area contributed by atoms with Crippen LogP contribution in [0.25, 0.3) is 0 Å². The van der Waals surface area contributed by atoms with Crippen LogP contribution in [0, 0.1) is 5.92 Å². The van der Waals surface area contributed by atoms with Gasteiger partial charge in [-0.15, -0.1) is 0 Å². The maximum absolute atomic E-state index is 6.15. The smallest absolute Gasteiger partial charge is 0.193 e. The first kappa shape index (κ1) is 21.2. The van der Waals surface area contributed by atoms with Gasteiger partial charge in [0.15, 0.2) is 5.96 Å². The fourth-order valence-electron chi connectivity index (χ4n) is 6.26. The number of nitrogens with one attached hydrogen (secondary N) is 1. The Hall–Kier alpha value is -1.63. The third-order valence-electron chi connectivity index (χ3n) is 7.87. The lowest BCUT2D eigenvalue weighted by Crippen LogP contribution is -2.57. The van der Waals surface area contributed by atoms with Gasteiger partial charge >= 0.3 is 0 Å². The fourth-order valence-corrected chi connectivity index (χ4v) is 6.26. The Morgan fingerprint density at radius 2 is 1.94 bits per heavy atom. The van der Waals surface area contributed by atoms with Gasteiger partial charge in [0.2, 0.25) is 0 Å². The van der Waals surface area contributed by atoms with Crippen LogP contribution < -0.4 is 5.32 Å². The average Bonchev–Trinajstić information content (AvgIpc) is 3.28. The first-order valence-corrected chi connectivity index (χ1v) is 12.4. The van der Waals surface area contributed by atoms with E-state index in [1.165, 1.54) is 50.8 Å². The van der Waals surface area contributed by atoms with Gasteiger partial charge < -0.3 is 15.0 Å². The van der Waals surface area contributed by atoms with Gasteiger partial charge in [0.1, 0.15) is 0 Å². The number of hydrogen-bond acceptors (Lipinski definition) is 4. The number of morpholine rings is 1. The highest BCUT2D eigenvalue weighted by atomic mass is 16.5. The summed E-state index contributed by atoms with van der Waals surface area (Å²) in [6.07, 6.45) is 6.78. The van der Waals surface area contributed by atoms with Crippen LogP contribution in [-0.2, 0) is 11.3 Å². The molecule has 4 aliphatic rings. The van der Waals surface area contributed by atoms with Crippen molar-refractivity contribution >= 4 is 5.96 Å². The van der Waals surface area contributed by atoms with E-state index in [0.29, 0.717) is 12.1 Å². The number of nitrogens with zero attached hydrogens (tertiary/aromatic N) is 4. The topological polar surface area (TPSA) is 43.3 Å². The zero-order chi connectivity index (χ0) is 21.0. The first-order chi connectivity index (χ1) is 15.3. The van der Waals surface area contributed by atoms with E-state index >= 15 is 0 Å². The normalized spacial score (nSPS) is 32.5. The van der Waals surface area contributed by atoms with E-state index in [1.807, 2.05) is 7.05 Å². The highest BCUT2D eigenvalue weighted by Crippen LogP contribution is 2.31. The Balaban J connectivity index is 1.14. The van der Waals surface area contributed by atoms with Gasteiger partial charge in [-0.1, -0.05) is 30.3 Å². The number of hydrogen-bond donors (Lipinski definition) is 1. The molecular formula is C25H39N5O. The molecule has 4 atom stereocenters. The van der Waals surface area contributed by atoms with Crippen molar-refractivity contribution in [2.75, 3.05) is 52.9 Å². The molecule has 0 amide bonds. The van der Waals surface area contributed by atoms with E-state index in [1.54, 1.807) is 0 Å². The van der Waals surface area contributed by atoms with Crippen molar-refractivity contribution in [3.05, 3.63) is 35.9 Å². The van der Waals surface area contributed by atoms with Gasteiger partial charge in [0, 0.05) is 51.9 Å². The maximum atomic E-state index is 6.15. The van der Waals surface area contributed by atoms with Crippen molar-refractivity contribution in [1.29, 1.82) is 0 Å². The Morgan fingerprint density at radius 1 is 1.06 bits per heavy atom. The molecule has 0 radical (unpaired) electrons. The number of rotatable bonds is 4. The molecule has 0 spiro atoms. The van der Waals surface area contributed by atoms with E-state index in [9.17, 15) is 0 Å². The van der Waals surface area contributed by atoms with E-state index in [2.05, 4.69) is 55.3 Å². The number of ether oxygens (including phenoxy) is 1. The predicted octanol–water partition coefficient (Wildman–Crippen LogP) is 2.41. The molecule has 6 heteroatoms. The lowest BCUT2D eigenvalue weighted by molar-refractivity contribution is -0.0456. The molecule has 1 aromatic carbocycles. The molecule has 6 nitrogen and oxygen atoms in total. The summed E-state index contributed by atoms with van der Waals surface area (Å²) in [6, 6.07) is 12.3. The Morgan fingerprint density at radius 3 is 2.81 bits per heavy atom. The van der Waals surface area contributed by atoms with Crippen molar-refractivity contribution in [2.45, 2.75) is 56.8 Å². The molecule has 5 rings (SSSR count). The molecule has 4 heterocycles. The van der Waals surface area contributed by atoms with Crippen molar-refractivity contribution in [3.8, 4) is 0 Å². The molecule has 1 N–H and O–H groups in total. The average molecular weight is 426 g/mol. The molecule has 0 saturated carbocycles. The number of guanidine groups is 1. The summed E-state index contributed by atoms with van der Waals surface area (Å²) in [6.45, 7) is 8.60. The molecule has 0 aromatic heterocycles. The quantitative estimate of drug-likeness (QED) is 0.593. The second-order valence-corrected chi connectivity index (χ2v) is 9.83. The lowest BCUT2D eigenvalue weighted by Gasteiger charge is -2.48. The predicted molar refractivity (Wildman–Crippen MR) is 125 cm³/mol. The minimum atomic E-state index is 0.277. The van der Waals surface area contributed by atoms with Crippen molar-refractivity contribution in [2.24, 2.45) is 10.9 Å². The molecule has 4 fully saturated rings. The van der Waals surface area contributed by atoms with Gasteiger partial charge in [-0.3, -0.25) is 14.8 Å². The third kappa shape index (κ3) is 4.91. The summed E-state index contributed by atoms with van der Waals surface area (Å²) in [5.74, 6) is 1.80. The van der Waals surface area contributed by atoms with Gasteiger partial charge in [0.25, 0.3) is 0 Å². The molecule has 1 aromatic rings. The molecule has 0 bridgehead atoms. The van der Waals surface area contributed by atoms with Crippen LogP contribution >= 0.6 is 0 Å². The van der Waals surface area contributed by atoms with Gasteiger partial charge in [-0.25, -0.2) is 0 Å². The second-order valence-electron chi connectivity index (χ2n) is 9.83. The molecule has 31 heavy (non-hydrogen) atoms. The van der Waals surface area contributed by atoms with E-state index < -0.39 is 0 Å². The standard InChI is InChI=1S/C25H39N5O/c1-26-25(27-15-23-18-28-12-6-10-22(28)19-31-23)30-14-11-24-21(17-30)9-5-13-29(24)16-20-7-3-2-4-8-20/h2-4,7-8,21-24H,5-6,9-19H2,1H3,(H,26,27). The summed E-state index contributed by atoms with van der Waals surface area (Å²) in [7, 11) is 1.93. The number of benzene rings is 1. The monoisotopic (exact) mass is 425 g/mol. The van der Waals surface area contributed by atoms with E-state index in [-0.39, 0.29) is 6.10 Å². The Labute approximate surface area is 187 Å². The van der Waals surface area contributed by atoms with E-state index in [0.717, 1.165) is 51.2 Å².